The van der Waals surface area contributed by atoms with Gasteiger partial charge >= 0.3 is 0 Å². The molecule has 4 nitrogen and oxygen atoms in total. The normalized spacial score (nSPS) is 13.2. The predicted molar refractivity (Wildman–Crippen MR) is 260 cm³/mol. The van der Waals surface area contributed by atoms with E-state index in [4.69, 9.17) is 15.0 Å². The van der Waals surface area contributed by atoms with Gasteiger partial charge in [0, 0.05) is 42.9 Å². The van der Waals surface area contributed by atoms with Gasteiger partial charge in [-0.1, -0.05) is 170 Å². The summed E-state index contributed by atoms with van der Waals surface area (Å²) in [5, 5.41) is 4.81. The highest BCUT2D eigenvalue weighted by Crippen LogP contribution is 2.63. The van der Waals surface area contributed by atoms with Gasteiger partial charge in [-0.2, -0.15) is 0 Å². The number of aromatic nitrogens is 4. The second-order valence-corrected chi connectivity index (χ2v) is 17.7. The summed E-state index contributed by atoms with van der Waals surface area (Å²) in [6.07, 6.45) is 0. The Kier molecular flexibility index (Phi) is 7.16. The van der Waals surface area contributed by atoms with Gasteiger partial charge in [0.2, 0.25) is 0 Å². The molecule has 9 aromatic carbocycles. The van der Waals surface area contributed by atoms with Crippen LogP contribution in [-0.2, 0) is 5.41 Å². The first-order valence-corrected chi connectivity index (χ1v) is 22.3. The summed E-state index contributed by atoms with van der Waals surface area (Å²) in [6, 6.07) is 74.8. The quantitative estimate of drug-likeness (QED) is 0.178. The zero-order valence-corrected chi connectivity index (χ0v) is 34.6. The Bertz CT molecular complexity index is 3760. The summed E-state index contributed by atoms with van der Waals surface area (Å²) in [5.41, 5.74) is 16.6. The molecule has 292 valence electrons. The van der Waals surface area contributed by atoms with Crippen LogP contribution < -0.4 is 0 Å². The second-order valence-electron chi connectivity index (χ2n) is 16.6. The highest BCUT2D eigenvalue weighted by Gasteiger charge is 2.51. The molecular formula is C58H34N4S. The minimum atomic E-state index is -0.418. The van der Waals surface area contributed by atoms with Crippen molar-refractivity contribution in [2.75, 3.05) is 0 Å². The predicted octanol–water partition coefficient (Wildman–Crippen LogP) is 14.7. The molecule has 0 N–H and O–H groups in total. The van der Waals surface area contributed by atoms with Gasteiger partial charge in [-0.3, -0.25) is 0 Å². The van der Waals surface area contributed by atoms with Gasteiger partial charge < -0.3 is 4.57 Å². The number of rotatable bonds is 4. The molecule has 14 rings (SSSR count). The Morgan fingerprint density at radius 2 is 0.889 bits per heavy atom. The molecule has 0 saturated carbocycles. The summed E-state index contributed by atoms with van der Waals surface area (Å²) < 4.78 is 4.92. The topological polar surface area (TPSA) is 43.6 Å². The molecule has 1 spiro atoms. The van der Waals surface area contributed by atoms with Crippen molar-refractivity contribution in [1.82, 2.24) is 19.5 Å². The lowest BCUT2D eigenvalue weighted by Crippen LogP contribution is -2.25. The first-order chi connectivity index (χ1) is 31.3. The minimum absolute atomic E-state index is 0.418. The molecule has 0 unspecified atom stereocenters. The van der Waals surface area contributed by atoms with Gasteiger partial charge in [-0.25, -0.2) is 15.0 Å². The fourth-order valence-electron chi connectivity index (χ4n) is 10.9. The van der Waals surface area contributed by atoms with E-state index in [2.05, 4.69) is 174 Å². The second kappa shape index (κ2) is 13.0. The van der Waals surface area contributed by atoms with E-state index in [9.17, 15) is 0 Å². The van der Waals surface area contributed by atoms with Crippen LogP contribution in [0, 0.1) is 0 Å². The van der Waals surface area contributed by atoms with E-state index in [1.54, 1.807) is 0 Å². The molecule has 2 aliphatic carbocycles. The van der Waals surface area contributed by atoms with Gasteiger partial charge in [0.1, 0.15) is 0 Å². The maximum absolute atomic E-state index is 5.23. The monoisotopic (exact) mass is 818 g/mol. The summed E-state index contributed by atoms with van der Waals surface area (Å²) in [7, 11) is 0. The summed E-state index contributed by atoms with van der Waals surface area (Å²) in [4.78, 5) is 15.5. The molecule has 0 bridgehead atoms. The third-order valence-electron chi connectivity index (χ3n) is 13.5. The number of thiophene rings is 1. The van der Waals surface area contributed by atoms with Crippen molar-refractivity contribution in [1.29, 1.82) is 0 Å². The standard InChI is InChI=1S/C58H34N4S/c1-3-17-35(18-4-1)55-59-56(36-19-5-2-6-20-36)61-57(60-55)42-31-32-50(54-53(42)41-25-11-16-30-52(41)63-54)62-49-29-15-10-24-40(49)44-33-48-43(34-51(44)62)39-23-9-14-28-47(39)58(48)45-26-12-7-21-37(45)38-22-8-13-27-46(38)58/h1-34H. The Balaban J connectivity index is 1.06. The number of fused-ring (bicyclic) bond motifs is 16. The van der Waals surface area contributed by atoms with Crippen LogP contribution in [0.5, 0.6) is 0 Å². The largest absolute Gasteiger partial charge is 0.308 e. The van der Waals surface area contributed by atoms with Crippen LogP contribution in [0.15, 0.2) is 206 Å². The molecule has 0 fully saturated rings. The van der Waals surface area contributed by atoms with E-state index in [1.807, 2.05) is 47.7 Å². The van der Waals surface area contributed by atoms with E-state index in [0.717, 1.165) is 27.8 Å². The van der Waals surface area contributed by atoms with E-state index < -0.39 is 5.41 Å². The van der Waals surface area contributed by atoms with Crippen molar-refractivity contribution >= 4 is 53.3 Å². The van der Waals surface area contributed by atoms with Crippen molar-refractivity contribution in [2.24, 2.45) is 0 Å². The molecular weight excluding hydrogens is 785 g/mol. The SMILES string of the molecule is c1ccc(-c2nc(-c3ccccc3)nc(-c3ccc(-n4c5ccccc5c5cc6c(cc54)-c4ccccc4C64c5ccccc5-c5ccccc54)c4sc5ccccc5c34)n2)cc1. The third-order valence-corrected chi connectivity index (χ3v) is 14.7. The summed E-state index contributed by atoms with van der Waals surface area (Å²) in [6.45, 7) is 0. The molecule has 0 amide bonds. The van der Waals surface area contributed by atoms with Crippen molar-refractivity contribution in [2.45, 2.75) is 5.41 Å². The smallest absolute Gasteiger partial charge is 0.164 e. The number of hydrogen-bond acceptors (Lipinski definition) is 4. The molecule has 0 radical (unpaired) electrons. The molecule has 3 heterocycles. The van der Waals surface area contributed by atoms with Crippen LogP contribution in [0.4, 0.5) is 0 Å². The average molecular weight is 819 g/mol. The average Bonchev–Trinajstić information content (AvgIpc) is 4.08. The minimum Gasteiger partial charge on any atom is -0.308 e. The van der Waals surface area contributed by atoms with Gasteiger partial charge in [-0.15, -0.1) is 11.3 Å². The fraction of sp³-hybridized carbons (Fsp3) is 0.0172. The number of nitrogens with zero attached hydrogens (tertiary/aromatic N) is 4. The van der Waals surface area contributed by atoms with Crippen molar-refractivity contribution < 1.29 is 0 Å². The van der Waals surface area contributed by atoms with Crippen molar-refractivity contribution in [3.05, 3.63) is 229 Å². The Hall–Kier alpha value is -7.99. The van der Waals surface area contributed by atoms with Gasteiger partial charge in [0.05, 0.1) is 26.8 Å². The Morgan fingerprint density at radius 3 is 1.54 bits per heavy atom. The van der Waals surface area contributed by atoms with E-state index in [0.29, 0.717) is 17.5 Å². The zero-order valence-electron chi connectivity index (χ0n) is 33.8. The van der Waals surface area contributed by atoms with Crippen LogP contribution in [0.2, 0.25) is 0 Å². The Morgan fingerprint density at radius 1 is 0.365 bits per heavy atom. The molecule has 5 heteroatoms. The maximum atomic E-state index is 5.23. The lowest BCUT2D eigenvalue weighted by molar-refractivity contribution is 0.795. The maximum Gasteiger partial charge on any atom is 0.164 e. The zero-order chi connectivity index (χ0) is 41.2. The van der Waals surface area contributed by atoms with Gasteiger partial charge in [0.15, 0.2) is 17.5 Å². The van der Waals surface area contributed by atoms with Crippen LogP contribution in [0.3, 0.4) is 0 Å². The summed E-state index contributed by atoms with van der Waals surface area (Å²) >= 11 is 1.84. The van der Waals surface area contributed by atoms with Gasteiger partial charge in [-0.05, 0) is 80.9 Å². The van der Waals surface area contributed by atoms with Crippen LogP contribution >= 0.6 is 11.3 Å². The number of benzene rings is 9. The molecule has 12 aromatic rings. The highest BCUT2D eigenvalue weighted by atomic mass is 32.1. The highest BCUT2D eigenvalue weighted by molar-refractivity contribution is 7.26. The lowest BCUT2D eigenvalue weighted by atomic mass is 9.70. The van der Waals surface area contributed by atoms with E-state index in [1.165, 1.54) is 81.1 Å². The molecule has 0 atom stereocenters. The molecule has 2 aliphatic rings. The molecule has 0 saturated heterocycles. The lowest BCUT2D eigenvalue weighted by Gasteiger charge is -2.30. The van der Waals surface area contributed by atoms with E-state index >= 15 is 0 Å². The van der Waals surface area contributed by atoms with Crippen LogP contribution in [0.25, 0.3) is 104 Å². The first kappa shape index (κ1) is 34.7. The molecule has 0 aliphatic heterocycles. The number of hydrogen-bond donors (Lipinski definition) is 0. The van der Waals surface area contributed by atoms with Crippen molar-refractivity contribution in [3.8, 4) is 62.1 Å². The van der Waals surface area contributed by atoms with E-state index in [-0.39, 0.29) is 0 Å². The molecule has 63 heavy (non-hydrogen) atoms. The van der Waals surface area contributed by atoms with Crippen LogP contribution in [0.1, 0.15) is 22.3 Å². The van der Waals surface area contributed by atoms with Crippen molar-refractivity contribution in [3.63, 3.8) is 0 Å². The molecule has 3 aromatic heterocycles. The Labute approximate surface area is 367 Å². The first-order valence-electron chi connectivity index (χ1n) is 21.4. The fourth-order valence-corrected chi connectivity index (χ4v) is 12.2. The summed E-state index contributed by atoms with van der Waals surface area (Å²) in [5.74, 6) is 1.96. The third kappa shape index (κ3) is 4.72. The van der Waals surface area contributed by atoms with Gasteiger partial charge in [0.25, 0.3) is 0 Å². The van der Waals surface area contributed by atoms with Crippen LogP contribution in [-0.4, -0.2) is 19.5 Å². The number of para-hydroxylation sites is 1.